The predicted molar refractivity (Wildman–Crippen MR) is 390 cm³/mol. The molecule has 0 fully saturated rings. The van der Waals surface area contributed by atoms with E-state index in [1.807, 2.05) is 0 Å². The minimum Gasteiger partial charge on any atom is -0.462 e. The van der Waals surface area contributed by atoms with Crippen LogP contribution in [0.1, 0.15) is 349 Å². The molecule has 0 aromatic carbocycles. The number of phosphoric acid groups is 2. The van der Waals surface area contributed by atoms with E-state index in [0.717, 1.165) is 154 Å². The SMILES string of the molecule is CCCCC/C=C\C/C=C\CCCCCCCC(=O)OCC(COP(=O)(O)OCC(O)COP(=O)(O)OCC(COC(=O)CCCCCCC/C=C\CCCCCC)OC(=O)CCCCCCCCCCCCCCC)OC(=O)CCCCCCC/C=C\C/C=C\CCCCC. The molecule has 0 aliphatic heterocycles. The van der Waals surface area contributed by atoms with Gasteiger partial charge in [0.2, 0.25) is 0 Å². The first-order chi connectivity index (χ1) is 46.7. The molecule has 0 aliphatic rings. The summed E-state index contributed by atoms with van der Waals surface area (Å²) in [5.74, 6) is -2.19. The largest absolute Gasteiger partial charge is 0.472 e. The summed E-state index contributed by atoms with van der Waals surface area (Å²) in [4.78, 5) is 72.8. The number of esters is 4. The highest BCUT2D eigenvalue weighted by molar-refractivity contribution is 7.47. The third-order valence-corrected chi connectivity index (χ3v) is 18.4. The van der Waals surface area contributed by atoms with Gasteiger partial charge in [-0.25, -0.2) is 9.13 Å². The summed E-state index contributed by atoms with van der Waals surface area (Å²) in [5, 5.41) is 10.6. The van der Waals surface area contributed by atoms with Gasteiger partial charge in [0.05, 0.1) is 26.4 Å². The first kappa shape index (κ1) is 92.8. The summed E-state index contributed by atoms with van der Waals surface area (Å²) in [6.07, 6.45) is 67.7. The van der Waals surface area contributed by atoms with Gasteiger partial charge in [-0.2, -0.15) is 0 Å². The Morgan fingerprint density at radius 2 is 0.510 bits per heavy atom. The summed E-state index contributed by atoms with van der Waals surface area (Å²) in [6, 6.07) is 0. The number of carbonyl (C=O) groups is 4. The van der Waals surface area contributed by atoms with E-state index in [-0.39, 0.29) is 25.7 Å². The zero-order valence-electron chi connectivity index (χ0n) is 61.1. The third-order valence-electron chi connectivity index (χ3n) is 16.5. The van der Waals surface area contributed by atoms with Crippen molar-refractivity contribution < 1.29 is 80.2 Å². The van der Waals surface area contributed by atoms with Crippen molar-refractivity contribution in [2.75, 3.05) is 39.6 Å². The second-order valence-electron chi connectivity index (χ2n) is 25.9. The van der Waals surface area contributed by atoms with E-state index >= 15 is 0 Å². The van der Waals surface area contributed by atoms with E-state index in [1.54, 1.807) is 0 Å². The lowest BCUT2D eigenvalue weighted by Crippen LogP contribution is -2.30. The topological polar surface area (TPSA) is 237 Å². The zero-order valence-corrected chi connectivity index (χ0v) is 62.8. The molecule has 0 aliphatic carbocycles. The fourth-order valence-corrected chi connectivity index (χ4v) is 12.1. The number of unbranched alkanes of at least 4 members (excludes halogenated alkanes) is 37. The van der Waals surface area contributed by atoms with E-state index in [2.05, 4.69) is 88.5 Å². The molecule has 3 N–H and O–H groups in total. The molecule has 0 aromatic heterocycles. The smallest absolute Gasteiger partial charge is 0.462 e. The van der Waals surface area contributed by atoms with Crippen LogP contribution in [0.25, 0.3) is 0 Å². The zero-order chi connectivity index (χ0) is 70.4. The van der Waals surface area contributed by atoms with Gasteiger partial charge in [0.1, 0.15) is 19.3 Å². The van der Waals surface area contributed by atoms with Crippen molar-refractivity contribution in [1.29, 1.82) is 0 Å². The average Bonchev–Trinajstić information content (AvgIpc) is 1.36. The number of aliphatic hydroxyl groups is 1. The average molecular weight is 1400 g/mol. The van der Waals surface area contributed by atoms with Crippen LogP contribution in [-0.2, 0) is 65.4 Å². The van der Waals surface area contributed by atoms with Crippen molar-refractivity contribution >= 4 is 39.5 Å². The van der Waals surface area contributed by atoms with Crippen molar-refractivity contribution in [1.82, 2.24) is 0 Å². The Bertz CT molecular complexity index is 2060. The highest BCUT2D eigenvalue weighted by atomic mass is 31.2. The molecule has 0 saturated heterocycles. The minimum atomic E-state index is -4.97. The van der Waals surface area contributed by atoms with E-state index in [4.69, 9.17) is 37.0 Å². The van der Waals surface area contributed by atoms with Crippen molar-refractivity contribution in [3.05, 3.63) is 60.8 Å². The van der Waals surface area contributed by atoms with Gasteiger partial charge in [0.15, 0.2) is 12.2 Å². The monoisotopic (exact) mass is 1400 g/mol. The van der Waals surface area contributed by atoms with Crippen LogP contribution in [-0.4, -0.2) is 96.7 Å². The van der Waals surface area contributed by atoms with Crippen LogP contribution in [0.2, 0.25) is 0 Å². The van der Waals surface area contributed by atoms with Gasteiger partial charge >= 0.3 is 39.5 Å². The second-order valence-corrected chi connectivity index (χ2v) is 28.9. The number of hydrogen-bond donors (Lipinski definition) is 3. The number of allylic oxidation sites excluding steroid dienone is 10. The summed E-state index contributed by atoms with van der Waals surface area (Å²) in [7, 11) is -9.94. The molecular formula is C77H140O17P2. The van der Waals surface area contributed by atoms with E-state index in [0.29, 0.717) is 25.7 Å². The number of phosphoric ester groups is 2. The second kappa shape index (κ2) is 70.2. The quantitative estimate of drug-likeness (QED) is 0.0169. The molecular weight excluding hydrogens is 1260 g/mol. The number of hydrogen-bond acceptors (Lipinski definition) is 15. The number of ether oxygens (including phenoxy) is 4. The lowest BCUT2D eigenvalue weighted by atomic mass is 10.0. The molecule has 5 atom stereocenters. The van der Waals surface area contributed by atoms with Gasteiger partial charge in [0.25, 0.3) is 0 Å². The van der Waals surface area contributed by atoms with Crippen LogP contribution in [0.3, 0.4) is 0 Å². The Labute approximate surface area is 584 Å². The van der Waals surface area contributed by atoms with E-state index < -0.39 is 97.5 Å². The van der Waals surface area contributed by atoms with E-state index in [1.165, 1.54) is 116 Å². The van der Waals surface area contributed by atoms with Crippen molar-refractivity contribution in [3.8, 4) is 0 Å². The molecule has 19 heteroatoms. The molecule has 0 radical (unpaired) electrons. The maximum Gasteiger partial charge on any atom is 0.472 e. The van der Waals surface area contributed by atoms with Gasteiger partial charge in [-0.3, -0.25) is 37.3 Å². The van der Waals surface area contributed by atoms with Crippen LogP contribution in [0, 0.1) is 0 Å². The number of rotatable bonds is 73. The van der Waals surface area contributed by atoms with Gasteiger partial charge in [-0.15, -0.1) is 0 Å². The Morgan fingerprint density at radius 3 is 0.812 bits per heavy atom. The molecule has 0 bridgehead atoms. The summed E-state index contributed by atoms with van der Waals surface area (Å²) < 4.78 is 68.5. The predicted octanol–water partition coefficient (Wildman–Crippen LogP) is 21.9. The van der Waals surface area contributed by atoms with Crippen molar-refractivity contribution in [2.24, 2.45) is 0 Å². The van der Waals surface area contributed by atoms with Crippen LogP contribution >= 0.6 is 15.6 Å². The Hall–Kier alpha value is -3.24. The maximum absolute atomic E-state index is 13.1. The molecule has 0 aromatic rings. The van der Waals surface area contributed by atoms with Crippen molar-refractivity contribution in [2.45, 2.75) is 367 Å². The molecule has 0 rings (SSSR count). The minimum absolute atomic E-state index is 0.0792. The molecule has 96 heavy (non-hydrogen) atoms. The fraction of sp³-hybridized carbons (Fsp3) is 0.818. The Kier molecular flexibility index (Phi) is 67.8. The summed E-state index contributed by atoms with van der Waals surface area (Å²) >= 11 is 0. The van der Waals surface area contributed by atoms with Gasteiger partial charge < -0.3 is 33.8 Å². The number of aliphatic hydroxyl groups excluding tert-OH is 1. The van der Waals surface area contributed by atoms with Gasteiger partial charge in [-0.05, 0) is 116 Å². The normalized spacial score (nSPS) is 14.3. The van der Waals surface area contributed by atoms with Gasteiger partial charge in [0, 0.05) is 25.7 Å². The molecule has 560 valence electrons. The highest BCUT2D eigenvalue weighted by Crippen LogP contribution is 2.45. The Balaban J connectivity index is 5.34. The van der Waals surface area contributed by atoms with E-state index in [9.17, 15) is 43.2 Å². The molecule has 0 spiro atoms. The Morgan fingerprint density at radius 1 is 0.292 bits per heavy atom. The first-order valence-electron chi connectivity index (χ1n) is 38.5. The number of carbonyl (C=O) groups excluding carboxylic acids is 4. The molecule has 0 heterocycles. The van der Waals surface area contributed by atoms with Crippen LogP contribution < -0.4 is 0 Å². The van der Waals surface area contributed by atoms with Gasteiger partial charge in [-0.1, -0.05) is 268 Å². The fourth-order valence-electron chi connectivity index (χ4n) is 10.5. The highest BCUT2D eigenvalue weighted by Gasteiger charge is 2.30. The standard InChI is InChI=1S/C77H140O17P2/c1-5-9-13-17-21-25-29-33-35-39-42-46-50-54-58-62-75(80)88-68-73(94-77(82)64-60-56-52-48-44-40-36-34-30-26-22-18-14-10-6-2)70-92-96(85,86)90-66-71(78)65-89-95(83,84)91-69-72(93-76(81)63-59-55-51-47-43-38-32-28-24-20-16-12-8-4)67-87-74(79)61-57-53-49-45-41-37-31-27-23-19-15-11-7-3/h21-22,25-27,31,33-36,71-73,78H,5-20,23-24,28-30,32,37-70H2,1-4H3,(H,83,84)(H,85,86)/b25-21-,26-22-,31-27-,35-33-,36-34-. The third kappa shape index (κ3) is 69.2. The molecule has 5 unspecified atom stereocenters. The molecule has 0 saturated carbocycles. The molecule has 17 nitrogen and oxygen atoms in total. The first-order valence-corrected chi connectivity index (χ1v) is 41.5. The van der Waals surface area contributed by atoms with Crippen LogP contribution in [0.4, 0.5) is 0 Å². The lowest BCUT2D eigenvalue weighted by Gasteiger charge is -2.21. The maximum atomic E-state index is 13.1. The lowest BCUT2D eigenvalue weighted by molar-refractivity contribution is -0.161. The van der Waals surface area contributed by atoms with Crippen LogP contribution in [0.5, 0.6) is 0 Å². The molecule has 0 amide bonds. The summed E-state index contributed by atoms with van der Waals surface area (Å²) in [6.45, 7) is 4.82. The van der Waals surface area contributed by atoms with Crippen LogP contribution in [0.15, 0.2) is 60.8 Å². The van der Waals surface area contributed by atoms with Crippen molar-refractivity contribution in [3.63, 3.8) is 0 Å². The summed E-state index contributed by atoms with van der Waals surface area (Å²) in [5.41, 5.74) is 0.